The van der Waals surface area contributed by atoms with E-state index in [2.05, 4.69) is 21.8 Å². The van der Waals surface area contributed by atoms with Crippen molar-refractivity contribution in [1.29, 1.82) is 0 Å². The number of aromatic nitrogens is 2. The third-order valence-electron chi connectivity index (χ3n) is 2.76. The number of nitrogens with one attached hydrogen (secondary N) is 1. The van der Waals surface area contributed by atoms with Crippen molar-refractivity contribution in [2.75, 3.05) is 11.5 Å². The van der Waals surface area contributed by atoms with Crippen LogP contribution in [-0.4, -0.2) is 27.1 Å². The van der Waals surface area contributed by atoms with Crippen LogP contribution in [0.4, 0.5) is 0 Å². The Morgan fingerprint density at radius 3 is 3.33 bits per heavy atom. The summed E-state index contributed by atoms with van der Waals surface area (Å²) in [7, 11) is 0. The van der Waals surface area contributed by atoms with Crippen molar-refractivity contribution in [3.8, 4) is 0 Å². The van der Waals surface area contributed by atoms with Gasteiger partial charge in [0.15, 0.2) is 0 Å². The van der Waals surface area contributed by atoms with E-state index in [4.69, 9.17) is 0 Å². The molecule has 0 spiro atoms. The van der Waals surface area contributed by atoms with Crippen molar-refractivity contribution in [1.82, 2.24) is 14.9 Å². The van der Waals surface area contributed by atoms with Crippen molar-refractivity contribution in [3.05, 3.63) is 18.2 Å². The van der Waals surface area contributed by atoms with E-state index in [9.17, 15) is 0 Å². The Kier molecular flexibility index (Phi) is 4.09. The van der Waals surface area contributed by atoms with Crippen molar-refractivity contribution >= 4 is 11.8 Å². The predicted octanol–water partition coefficient (Wildman–Crippen LogP) is 1.89. The highest BCUT2D eigenvalue weighted by Crippen LogP contribution is 2.17. The lowest BCUT2D eigenvalue weighted by Crippen LogP contribution is -2.28. The van der Waals surface area contributed by atoms with Gasteiger partial charge >= 0.3 is 0 Å². The molecule has 0 amide bonds. The molecule has 0 bridgehead atoms. The van der Waals surface area contributed by atoms with Gasteiger partial charge in [0.1, 0.15) is 0 Å². The molecular formula is C11H19N3S. The Labute approximate surface area is 95.7 Å². The molecule has 1 aromatic heterocycles. The highest BCUT2D eigenvalue weighted by Gasteiger charge is 2.14. The zero-order valence-electron chi connectivity index (χ0n) is 9.28. The van der Waals surface area contributed by atoms with E-state index in [0.29, 0.717) is 6.04 Å². The molecule has 1 aliphatic rings. The molecular weight excluding hydrogens is 206 g/mol. The molecule has 1 aromatic rings. The minimum Gasteiger partial charge on any atom is -0.333 e. The largest absolute Gasteiger partial charge is 0.333 e. The number of imidazole rings is 1. The molecule has 0 aliphatic carbocycles. The van der Waals surface area contributed by atoms with E-state index in [1.165, 1.54) is 30.0 Å². The minimum absolute atomic E-state index is 0.708. The normalized spacial score (nSPS) is 21.0. The molecule has 1 fully saturated rings. The fourth-order valence-corrected chi connectivity index (χ4v) is 3.07. The number of hydrogen-bond acceptors (Lipinski definition) is 3. The fraction of sp³-hybridized carbons (Fsp3) is 0.727. The Bertz CT molecular complexity index is 292. The van der Waals surface area contributed by atoms with Crippen molar-refractivity contribution in [3.63, 3.8) is 0 Å². The summed E-state index contributed by atoms with van der Waals surface area (Å²) >= 11 is 2.05. The maximum Gasteiger partial charge on any atom is 0.0948 e. The Morgan fingerprint density at radius 2 is 2.60 bits per heavy atom. The molecule has 0 aromatic carbocycles. The van der Waals surface area contributed by atoms with Gasteiger partial charge in [-0.15, -0.1) is 0 Å². The maximum absolute atomic E-state index is 4.20. The van der Waals surface area contributed by atoms with Crippen LogP contribution in [0.1, 0.15) is 25.5 Å². The number of hydrogen-bond donors (Lipinski definition) is 1. The van der Waals surface area contributed by atoms with Crippen molar-refractivity contribution in [2.24, 2.45) is 0 Å². The van der Waals surface area contributed by atoms with E-state index in [-0.39, 0.29) is 0 Å². The predicted molar refractivity (Wildman–Crippen MR) is 65.1 cm³/mol. The number of nitrogens with zero attached hydrogens (tertiary/aromatic N) is 2. The second kappa shape index (κ2) is 5.56. The first-order chi connectivity index (χ1) is 7.40. The number of aryl methyl sites for hydroxylation is 1. The van der Waals surface area contributed by atoms with Crippen LogP contribution in [0.25, 0.3) is 0 Å². The van der Waals surface area contributed by atoms with E-state index < -0.39 is 0 Å². The van der Waals surface area contributed by atoms with Gasteiger partial charge in [-0.2, -0.15) is 11.8 Å². The van der Waals surface area contributed by atoms with Crippen LogP contribution in [-0.2, 0) is 13.1 Å². The molecule has 0 saturated carbocycles. The molecule has 1 aliphatic heterocycles. The fourth-order valence-electron chi connectivity index (χ4n) is 1.88. The monoisotopic (exact) mass is 225 g/mol. The molecule has 1 atom stereocenters. The molecule has 15 heavy (non-hydrogen) atoms. The summed E-state index contributed by atoms with van der Waals surface area (Å²) in [5, 5.41) is 3.60. The summed E-state index contributed by atoms with van der Waals surface area (Å²) in [6.45, 7) is 4.24. The van der Waals surface area contributed by atoms with Crippen LogP contribution in [0.2, 0.25) is 0 Å². The molecule has 1 N–H and O–H groups in total. The first kappa shape index (κ1) is 11.0. The highest BCUT2D eigenvalue weighted by molar-refractivity contribution is 7.99. The minimum atomic E-state index is 0.708. The Morgan fingerprint density at radius 1 is 1.67 bits per heavy atom. The number of thioether (sulfide) groups is 1. The lowest BCUT2D eigenvalue weighted by Gasteiger charge is -2.12. The molecule has 2 rings (SSSR count). The van der Waals surface area contributed by atoms with Crippen LogP contribution >= 0.6 is 11.8 Å². The van der Waals surface area contributed by atoms with Crippen LogP contribution < -0.4 is 5.32 Å². The van der Waals surface area contributed by atoms with Crippen molar-refractivity contribution in [2.45, 2.75) is 38.9 Å². The third-order valence-corrected chi connectivity index (χ3v) is 3.93. The van der Waals surface area contributed by atoms with Gasteiger partial charge in [-0.05, 0) is 18.6 Å². The van der Waals surface area contributed by atoms with Gasteiger partial charge in [0, 0.05) is 31.1 Å². The smallest absolute Gasteiger partial charge is 0.0948 e. The average Bonchev–Trinajstić information content (AvgIpc) is 2.85. The van der Waals surface area contributed by atoms with E-state index in [0.717, 1.165) is 13.1 Å². The summed E-state index contributed by atoms with van der Waals surface area (Å²) in [5.41, 5.74) is 1.31. The van der Waals surface area contributed by atoms with Gasteiger partial charge in [-0.25, -0.2) is 4.98 Å². The molecule has 0 radical (unpaired) electrons. The SMILES string of the molecule is CCCn1cncc1CNC1CCSC1. The van der Waals surface area contributed by atoms with Crippen LogP contribution in [0.5, 0.6) is 0 Å². The Hall–Kier alpha value is -0.480. The second-order valence-corrected chi connectivity index (χ2v) is 5.17. The Balaban J connectivity index is 1.83. The second-order valence-electron chi connectivity index (χ2n) is 4.02. The van der Waals surface area contributed by atoms with Crippen LogP contribution in [0, 0.1) is 0 Å². The summed E-state index contributed by atoms with van der Waals surface area (Å²) < 4.78 is 2.25. The molecule has 1 saturated heterocycles. The van der Waals surface area contributed by atoms with Gasteiger partial charge in [0.2, 0.25) is 0 Å². The van der Waals surface area contributed by atoms with Crippen molar-refractivity contribution < 1.29 is 0 Å². The quantitative estimate of drug-likeness (QED) is 0.830. The highest BCUT2D eigenvalue weighted by atomic mass is 32.2. The topological polar surface area (TPSA) is 29.9 Å². The molecule has 3 nitrogen and oxygen atoms in total. The standard InChI is InChI=1S/C11H19N3S/c1-2-4-14-9-12-6-11(14)7-13-10-3-5-15-8-10/h6,9-10,13H,2-5,7-8H2,1H3. The first-order valence-electron chi connectivity index (χ1n) is 5.70. The van der Waals surface area contributed by atoms with E-state index >= 15 is 0 Å². The molecule has 1 unspecified atom stereocenters. The molecule has 4 heteroatoms. The van der Waals surface area contributed by atoms with Gasteiger partial charge in [0.05, 0.1) is 12.0 Å². The lowest BCUT2D eigenvalue weighted by molar-refractivity contribution is 0.531. The summed E-state index contributed by atoms with van der Waals surface area (Å²) in [6.07, 6.45) is 6.39. The van der Waals surface area contributed by atoms with Gasteiger partial charge in [-0.3, -0.25) is 0 Å². The van der Waals surface area contributed by atoms with E-state index in [1.807, 2.05) is 24.3 Å². The van der Waals surface area contributed by atoms with Gasteiger partial charge in [-0.1, -0.05) is 6.92 Å². The summed E-state index contributed by atoms with van der Waals surface area (Å²) in [6, 6.07) is 0.708. The first-order valence-corrected chi connectivity index (χ1v) is 6.85. The van der Waals surface area contributed by atoms with Gasteiger partial charge < -0.3 is 9.88 Å². The van der Waals surface area contributed by atoms with Crippen LogP contribution in [0.15, 0.2) is 12.5 Å². The molecule has 84 valence electrons. The van der Waals surface area contributed by atoms with Gasteiger partial charge in [0.25, 0.3) is 0 Å². The lowest BCUT2D eigenvalue weighted by atomic mass is 10.2. The number of rotatable bonds is 5. The zero-order chi connectivity index (χ0) is 10.5. The van der Waals surface area contributed by atoms with E-state index in [1.54, 1.807) is 0 Å². The molecule has 2 heterocycles. The third kappa shape index (κ3) is 2.98. The maximum atomic E-state index is 4.20. The summed E-state index contributed by atoms with van der Waals surface area (Å²) in [5.74, 6) is 2.58. The zero-order valence-corrected chi connectivity index (χ0v) is 10.1. The summed E-state index contributed by atoms with van der Waals surface area (Å²) in [4.78, 5) is 4.20. The average molecular weight is 225 g/mol. The van der Waals surface area contributed by atoms with Crippen LogP contribution in [0.3, 0.4) is 0 Å².